The summed E-state index contributed by atoms with van der Waals surface area (Å²) in [5.41, 5.74) is 1.26. The van der Waals surface area contributed by atoms with Gasteiger partial charge in [-0.25, -0.2) is 0 Å². The standard InChI is InChI=1S/C7H14N2/c1-6-4-7(2)8-9(3)5-6/h6H,4-5H2,1-3H3. The van der Waals surface area contributed by atoms with Gasteiger partial charge < -0.3 is 0 Å². The van der Waals surface area contributed by atoms with E-state index in [1.54, 1.807) is 0 Å². The van der Waals surface area contributed by atoms with Crippen molar-refractivity contribution >= 4 is 5.71 Å². The third-order valence-electron chi connectivity index (χ3n) is 1.56. The minimum absolute atomic E-state index is 0.785. The van der Waals surface area contributed by atoms with Gasteiger partial charge in [0.2, 0.25) is 0 Å². The van der Waals surface area contributed by atoms with Crippen LogP contribution in [0, 0.1) is 5.92 Å². The fraction of sp³-hybridized carbons (Fsp3) is 0.857. The maximum atomic E-state index is 4.28. The highest BCUT2D eigenvalue weighted by atomic mass is 15.4. The van der Waals surface area contributed by atoms with E-state index in [1.807, 2.05) is 12.1 Å². The zero-order valence-corrected chi connectivity index (χ0v) is 6.39. The molecular weight excluding hydrogens is 112 g/mol. The molecular formula is C7H14N2. The molecule has 0 amide bonds. The highest BCUT2D eigenvalue weighted by molar-refractivity contribution is 5.82. The molecule has 9 heavy (non-hydrogen) atoms. The number of nitrogens with zero attached hydrogens (tertiary/aromatic N) is 2. The van der Waals surface area contributed by atoms with Gasteiger partial charge in [-0.05, 0) is 19.3 Å². The van der Waals surface area contributed by atoms with Gasteiger partial charge in [0.15, 0.2) is 0 Å². The molecule has 1 unspecified atom stereocenters. The molecule has 52 valence electrons. The minimum Gasteiger partial charge on any atom is -0.300 e. The van der Waals surface area contributed by atoms with Crippen molar-refractivity contribution in [2.75, 3.05) is 13.6 Å². The van der Waals surface area contributed by atoms with Crippen LogP contribution in [0.5, 0.6) is 0 Å². The molecule has 0 N–H and O–H groups in total. The summed E-state index contributed by atoms with van der Waals surface area (Å²) < 4.78 is 0. The second-order valence-corrected chi connectivity index (χ2v) is 2.98. The molecule has 0 aromatic carbocycles. The van der Waals surface area contributed by atoms with Crippen LogP contribution in [0.15, 0.2) is 5.10 Å². The quantitative estimate of drug-likeness (QED) is 0.478. The first-order chi connectivity index (χ1) is 4.18. The highest BCUT2D eigenvalue weighted by Crippen LogP contribution is 2.11. The summed E-state index contributed by atoms with van der Waals surface area (Å²) >= 11 is 0. The van der Waals surface area contributed by atoms with Crippen molar-refractivity contribution in [3.8, 4) is 0 Å². The van der Waals surface area contributed by atoms with Crippen molar-refractivity contribution < 1.29 is 0 Å². The second kappa shape index (κ2) is 2.38. The van der Waals surface area contributed by atoms with Crippen LogP contribution in [0.1, 0.15) is 20.3 Å². The first kappa shape index (κ1) is 6.59. The SMILES string of the molecule is CC1=NN(C)CC(C)C1. The van der Waals surface area contributed by atoms with Crippen LogP contribution in [-0.4, -0.2) is 24.3 Å². The Hall–Kier alpha value is -0.530. The van der Waals surface area contributed by atoms with Crippen molar-refractivity contribution in [1.29, 1.82) is 0 Å². The van der Waals surface area contributed by atoms with Crippen LogP contribution in [0.2, 0.25) is 0 Å². The summed E-state index contributed by atoms with van der Waals surface area (Å²) in [6.07, 6.45) is 1.17. The van der Waals surface area contributed by atoms with Gasteiger partial charge >= 0.3 is 0 Å². The lowest BCUT2D eigenvalue weighted by molar-refractivity contribution is 0.283. The third-order valence-corrected chi connectivity index (χ3v) is 1.56. The van der Waals surface area contributed by atoms with Gasteiger partial charge in [-0.1, -0.05) is 6.92 Å². The molecule has 0 aromatic heterocycles. The second-order valence-electron chi connectivity index (χ2n) is 2.98. The topological polar surface area (TPSA) is 15.6 Å². The lowest BCUT2D eigenvalue weighted by atomic mass is 10.0. The van der Waals surface area contributed by atoms with Gasteiger partial charge in [0.1, 0.15) is 0 Å². The van der Waals surface area contributed by atoms with E-state index < -0.39 is 0 Å². The zero-order valence-electron chi connectivity index (χ0n) is 6.39. The Kier molecular flexibility index (Phi) is 1.74. The molecule has 0 fully saturated rings. The predicted octanol–water partition coefficient (Wildman–Crippen LogP) is 1.33. The van der Waals surface area contributed by atoms with Crippen molar-refractivity contribution in [2.45, 2.75) is 20.3 Å². The molecule has 0 radical (unpaired) electrons. The van der Waals surface area contributed by atoms with E-state index in [0.29, 0.717) is 0 Å². The Labute approximate surface area is 56.5 Å². The van der Waals surface area contributed by atoms with Gasteiger partial charge in [0.05, 0.1) is 0 Å². The summed E-state index contributed by atoms with van der Waals surface area (Å²) in [5, 5.41) is 6.30. The monoisotopic (exact) mass is 126 g/mol. The van der Waals surface area contributed by atoms with Crippen LogP contribution < -0.4 is 0 Å². The summed E-state index contributed by atoms with van der Waals surface area (Å²) in [6.45, 7) is 5.46. The van der Waals surface area contributed by atoms with Crippen molar-refractivity contribution in [3.05, 3.63) is 0 Å². The maximum Gasteiger partial charge on any atom is 0.0386 e. The molecule has 1 aliphatic heterocycles. The average molecular weight is 126 g/mol. The van der Waals surface area contributed by atoms with Crippen LogP contribution >= 0.6 is 0 Å². The number of rotatable bonds is 0. The average Bonchev–Trinajstić information content (AvgIpc) is 1.59. The number of hydrazone groups is 1. The molecule has 1 atom stereocenters. The minimum atomic E-state index is 0.785. The van der Waals surface area contributed by atoms with E-state index in [4.69, 9.17) is 0 Å². The van der Waals surface area contributed by atoms with Gasteiger partial charge in [-0.3, -0.25) is 5.01 Å². The fourth-order valence-corrected chi connectivity index (χ4v) is 1.39. The smallest absolute Gasteiger partial charge is 0.0386 e. The van der Waals surface area contributed by atoms with Crippen LogP contribution in [0.3, 0.4) is 0 Å². The summed E-state index contributed by atoms with van der Waals surface area (Å²) in [6, 6.07) is 0. The Morgan fingerprint density at radius 3 is 2.78 bits per heavy atom. The maximum absolute atomic E-state index is 4.28. The highest BCUT2D eigenvalue weighted by Gasteiger charge is 2.11. The van der Waals surface area contributed by atoms with Gasteiger partial charge in [-0.2, -0.15) is 5.10 Å². The summed E-state index contributed by atoms with van der Waals surface area (Å²) in [4.78, 5) is 0. The molecule has 0 aliphatic carbocycles. The Balaban J connectivity index is 2.56. The van der Waals surface area contributed by atoms with E-state index in [-0.39, 0.29) is 0 Å². The van der Waals surface area contributed by atoms with Gasteiger partial charge in [0, 0.05) is 19.3 Å². The van der Waals surface area contributed by atoms with Gasteiger partial charge in [0.25, 0.3) is 0 Å². The molecule has 0 aromatic rings. The van der Waals surface area contributed by atoms with Gasteiger partial charge in [-0.15, -0.1) is 0 Å². The molecule has 0 saturated carbocycles. The zero-order chi connectivity index (χ0) is 6.85. The van der Waals surface area contributed by atoms with Crippen molar-refractivity contribution in [1.82, 2.24) is 5.01 Å². The first-order valence-corrected chi connectivity index (χ1v) is 3.43. The molecule has 0 bridgehead atoms. The van der Waals surface area contributed by atoms with E-state index in [0.717, 1.165) is 12.5 Å². The first-order valence-electron chi connectivity index (χ1n) is 3.43. The normalized spacial score (nSPS) is 28.1. The summed E-state index contributed by atoms with van der Waals surface area (Å²) in [5.74, 6) is 0.785. The molecule has 2 heteroatoms. The van der Waals surface area contributed by atoms with Crippen LogP contribution in [0.4, 0.5) is 0 Å². The Morgan fingerprint density at radius 1 is 1.67 bits per heavy atom. The van der Waals surface area contributed by atoms with Crippen molar-refractivity contribution in [2.24, 2.45) is 11.0 Å². The molecule has 2 nitrogen and oxygen atoms in total. The molecule has 0 spiro atoms. The summed E-state index contributed by atoms with van der Waals surface area (Å²) in [7, 11) is 2.03. The molecule has 1 aliphatic rings. The molecule has 0 saturated heterocycles. The number of hydrogen-bond acceptors (Lipinski definition) is 2. The molecule has 1 heterocycles. The fourth-order valence-electron chi connectivity index (χ4n) is 1.39. The predicted molar refractivity (Wildman–Crippen MR) is 39.5 cm³/mol. The van der Waals surface area contributed by atoms with E-state index in [9.17, 15) is 0 Å². The third kappa shape index (κ3) is 1.70. The Morgan fingerprint density at radius 2 is 2.33 bits per heavy atom. The van der Waals surface area contributed by atoms with E-state index >= 15 is 0 Å². The van der Waals surface area contributed by atoms with E-state index in [1.165, 1.54) is 12.1 Å². The van der Waals surface area contributed by atoms with Crippen molar-refractivity contribution in [3.63, 3.8) is 0 Å². The Bertz CT molecular complexity index is 129. The number of hydrogen-bond donors (Lipinski definition) is 0. The van der Waals surface area contributed by atoms with Crippen LogP contribution in [0.25, 0.3) is 0 Å². The van der Waals surface area contributed by atoms with E-state index in [2.05, 4.69) is 18.9 Å². The lowest BCUT2D eigenvalue weighted by Crippen LogP contribution is -2.27. The lowest BCUT2D eigenvalue weighted by Gasteiger charge is -2.24. The largest absolute Gasteiger partial charge is 0.300 e. The molecule has 1 rings (SSSR count). The van der Waals surface area contributed by atoms with Crippen LogP contribution in [-0.2, 0) is 0 Å².